The van der Waals surface area contributed by atoms with Gasteiger partial charge >= 0.3 is 5.69 Å². The van der Waals surface area contributed by atoms with E-state index in [1.165, 1.54) is 11.6 Å². The molecule has 8 heteroatoms. The number of hydrogen-bond donors (Lipinski definition) is 2. The third-order valence-electron chi connectivity index (χ3n) is 3.13. The third-order valence-corrected chi connectivity index (χ3v) is 3.13. The predicted molar refractivity (Wildman–Crippen MR) is 72.6 cm³/mol. The number of nitrogens with zero attached hydrogens (tertiary/aromatic N) is 3. The Kier molecular flexibility index (Phi) is 2.70. The van der Waals surface area contributed by atoms with Gasteiger partial charge in [0.1, 0.15) is 0 Å². The fourth-order valence-corrected chi connectivity index (χ4v) is 1.99. The van der Waals surface area contributed by atoms with Crippen LogP contribution in [0.5, 0.6) is 0 Å². The first-order valence-corrected chi connectivity index (χ1v) is 5.98. The lowest BCUT2D eigenvalue weighted by atomic mass is 10.3. The third kappa shape index (κ3) is 1.81. The number of anilines is 1. The highest BCUT2D eigenvalue weighted by atomic mass is 16.3. The Morgan fingerprint density at radius 3 is 2.85 bits per heavy atom. The van der Waals surface area contributed by atoms with E-state index in [0.29, 0.717) is 23.7 Å². The summed E-state index contributed by atoms with van der Waals surface area (Å²) in [4.78, 5) is 30.9. The number of nitrogens with one attached hydrogen (secondary N) is 2. The van der Waals surface area contributed by atoms with Crippen LogP contribution in [0.3, 0.4) is 0 Å². The van der Waals surface area contributed by atoms with Crippen molar-refractivity contribution < 1.29 is 4.42 Å². The molecule has 3 aromatic heterocycles. The summed E-state index contributed by atoms with van der Waals surface area (Å²) in [7, 11) is 3.01. The topological polar surface area (TPSA) is 97.8 Å². The molecule has 0 unspecified atom stereocenters. The molecule has 3 aromatic rings. The molecule has 0 aliphatic carbocycles. The SMILES string of the molecule is Cn1c(=O)c2[nH]c(NCc3ccoc3)nc2n(C)c1=O. The maximum atomic E-state index is 12.0. The molecule has 0 saturated heterocycles. The molecular formula is C12H13N5O3. The molecule has 0 bridgehead atoms. The van der Waals surface area contributed by atoms with Crippen molar-refractivity contribution in [2.45, 2.75) is 6.54 Å². The van der Waals surface area contributed by atoms with Crippen LogP contribution in [-0.4, -0.2) is 19.1 Å². The van der Waals surface area contributed by atoms with E-state index in [0.717, 1.165) is 10.1 Å². The van der Waals surface area contributed by atoms with Crippen LogP contribution >= 0.6 is 0 Å². The Balaban J connectivity index is 2.03. The Hall–Kier alpha value is -2.77. The van der Waals surface area contributed by atoms with Gasteiger partial charge in [-0.15, -0.1) is 0 Å². The molecule has 0 spiro atoms. The van der Waals surface area contributed by atoms with Crippen LogP contribution in [0, 0.1) is 0 Å². The molecule has 3 rings (SSSR count). The highest BCUT2D eigenvalue weighted by Gasteiger charge is 2.13. The molecule has 2 N–H and O–H groups in total. The van der Waals surface area contributed by atoms with Crippen molar-refractivity contribution in [3.05, 3.63) is 45.0 Å². The van der Waals surface area contributed by atoms with Crippen molar-refractivity contribution in [1.29, 1.82) is 0 Å². The van der Waals surface area contributed by atoms with Crippen molar-refractivity contribution >= 4 is 17.1 Å². The molecule has 0 aliphatic rings. The van der Waals surface area contributed by atoms with Gasteiger partial charge in [-0.2, -0.15) is 4.98 Å². The van der Waals surface area contributed by atoms with E-state index in [4.69, 9.17) is 4.42 Å². The zero-order chi connectivity index (χ0) is 14.3. The van der Waals surface area contributed by atoms with E-state index in [-0.39, 0.29) is 0 Å². The Labute approximate surface area is 112 Å². The number of imidazole rings is 1. The molecule has 20 heavy (non-hydrogen) atoms. The van der Waals surface area contributed by atoms with Gasteiger partial charge in [-0.05, 0) is 6.07 Å². The van der Waals surface area contributed by atoms with Crippen molar-refractivity contribution in [2.24, 2.45) is 14.1 Å². The lowest BCUT2D eigenvalue weighted by Crippen LogP contribution is -2.36. The summed E-state index contributed by atoms with van der Waals surface area (Å²) >= 11 is 0. The maximum Gasteiger partial charge on any atom is 0.332 e. The number of H-pyrrole nitrogens is 1. The Morgan fingerprint density at radius 1 is 1.35 bits per heavy atom. The smallest absolute Gasteiger partial charge is 0.332 e. The molecule has 0 fully saturated rings. The molecule has 0 amide bonds. The van der Waals surface area contributed by atoms with Crippen LogP contribution in [0.4, 0.5) is 5.95 Å². The fourth-order valence-electron chi connectivity index (χ4n) is 1.99. The van der Waals surface area contributed by atoms with Gasteiger partial charge in [-0.25, -0.2) is 4.79 Å². The van der Waals surface area contributed by atoms with Gasteiger partial charge in [0.15, 0.2) is 11.2 Å². The average molecular weight is 275 g/mol. The highest BCUT2D eigenvalue weighted by Crippen LogP contribution is 2.10. The second kappa shape index (κ2) is 4.41. The molecule has 104 valence electrons. The summed E-state index contributed by atoms with van der Waals surface area (Å²) in [6, 6.07) is 1.82. The van der Waals surface area contributed by atoms with Crippen LogP contribution in [0.2, 0.25) is 0 Å². The monoisotopic (exact) mass is 275 g/mol. The molecule has 0 aromatic carbocycles. The number of fused-ring (bicyclic) bond motifs is 1. The number of aromatic amines is 1. The second-order valence-electron chi connectivity index (χ2n) is 4.47. The summed E-state index contributed by atoms with van der Waals surface area (Å²) in [5.41, 5.74) is 0.770. The minimum Gasteiger partial charge on any atom is -0.472 e. The van der Waals surface area contributed by atoms with E-state index < -0.39 is 11.2 Å². The molecular weight excluding hydrogens is 262 g/mol. The largest absolute Gasteiger partial charge is 0.472 e. The van der Waals surface area contributed by atoms with Gasteiger partial charge in [-0.1, -0.05) is 0 Å². The number of rotatable bonds is 3. The quantitative estimate of drug-likeness (QED) is 0.710. The highest BCUT2D eigenvalue weighted by molar-refractivity contribution is 5.72. The minimum absolute atomic E-state index is 0.296. The van der Waals surface area contributed by atoms with E-state index in [9.17, 15) is 9.59 Å². The van der Waals surface area contributed by atoms with Gasteiger partial charge in [-0.3, -0.25) is 13.9 Å². The van der Waals surface area contributed by atoms with Crippen molar-refractivity contribution in [2.75, 3.05) is 5.32 Å². The van der Waals surface area contributed by atoms with Crippen molar-refractivity contribution in [3.63, 3.8) is 0 Å². The van der Waals surface area contributed by atoms with Gasteiger partial charge in [0, 0.05) is 26.2 Å². The molecule has 3 heterocycles. The molecule has 8 nitrogen and oxygen atoms in total. The van der Waals surface area contributed by atoms with Crippen molar-refractivity contribution in [1.82, 2.24) is 19.1 Å². The summed E-state index contributed by atoms with van der Waals surface area (Å²) in [5.74, 6) is 0.430. The van der Waals surface area contributed by atoms with Crippen LogP contribution in [0.15, 0.2) is 32.6 Å². The first-order chi connectivity index (χ1) is 9.58. The molecule has 0 atom stereocenters. The first-order valence-electron chi connectivity index (χ1n) is 5.98. The second-order valence-corrected chi connectivity index (χ2v) is 4.47. The summed E-state index contributed by atoms with van der Waals surface area (Å²) in [6.45, 7) is 0.505. The van der Waals surface area contributed by atoms with E-state index >= 15 is 0 Å². The number of aromatic nitrogens is 4. The standard InChI is InChI=1S/C12H13N5O3/c1-16-9-8(10(18)17(2)12(16)19)14-11(15-9)13-5-7-3-4-20-6-7/h3-4,6H,5H2,1-2H3,(H2,13,14,15). The lowest BCUT2D eigenvalue weighted by molar-refractivity contribution is 0.564. The Morgan fingerprint density at radius 2 is 2.15 bits per heavy atom. The van der Waals surface area contributed by atoms with Crippen LogP contribution in [0.1, 0.15) is 5.56 Å². The summed E-state index contributed by atoms with van der Waals surface area (Å²) < 4.78 is 7.33. The Bertz CT molecular complexity index is 869. The number of aryl methyl sites for hydroxylation is 1. The first kappa shape index (κ1) is 12.3. The van der Waals surface area contributed by atoms with Gasteiger partial charge < -0.3 is 14.7 Å². The van der Waals surface area contributed by atoms with E-state index in [1.807, 2.05) is 6.07 Å². The van der Waals surface area contributed by atoms with Crippen molar-refractivity contribution in [3.8, 4) is 0 Å². The lowest BCUT2D eigenvalue weighted by Gasteiger charge is -2.00. The predicted octanol–water partition coefficient (Wildman–Crippen LogP) is 0.165. The van der Waals surface area contributed by atoms with Crippen LogP contribution in [-0.2, 0) is 20.6 Å². The zero-order valence-corrected chi connectivity index (χ0v) is 11.0. The molecule has 0 aliphatic heterocycles. The number of furan rings is 1. The molecule has 0 saturated carbocycles. The molecule has 0 radical (unpaired) electrons. The van der Waals surface area contributed by atoms with Gasteiger partial charge in [0.25, 0.3) is 5.56 Å². The van der Waals surface area contributed by atoms with E-state index in [1.54, 1.807) is 19.6 Å². The zero-order valence-electron chi connectivity index (χ0n) is 11.0. The van der Waals surface area contributed by atoms with Crippen LogP contribution in [0.25, 0.3) is 11.2 Å². The fraction of sp³-hybridized carbons (Fsp3) is 0.250. The average Bonchev–Trinajstić information content (AvgIpc) is 3.09. The summed E-state index contributed by atoms with van der Waals surface area (Å²) in [5, 5.41) is 3.04. The van der Waals surface area contributed by atoms with Crippen LogP contribution < -0.4 is 16.6 Å². The number of hydrogen-bond acceptors (Lipinski definition) is 5. The summed E-state index contributed by atoms with van der Waals surface area (Å²) in [6.07, 6.45) is 3.19. The normalized spacial score (nSPS) is 11.1. The van der Waals surface area contributed by atoms with Gasteiger partial charge in [0.2, 0.25) is 5.95 Å². The van der Waals surface area contributed by atoms with E-state index in [2.05, 4.69) is 15.3 Å². The van der Waals surface area contributed by atoms with Gasteiger partial charge in [0.05, 0.1) is 12.5 Å². The maximum absolute atomic E-state index is 12.0. The minimum atomic E-state index is -0.407.